The minimum atomic E-state index is -0.976. The Kier molecular flexibility index (Phi) is 7.21. The predicted octanol–water partition coefficient (Wildman–Crippen LogP) is 2.41. The summed E-state index contributed by atoms with van der Waals surface area (Å²) in [4.78, 5) is 37.8. The number of rotatable bonds is 6. The second-order valence-electron chi connectivity index (χ2n) is 7.43. The van der Waals surface area contributed by atoms with Crippen LogP contribution in [0.15, 0.2) is 24.3 Å². The van der Waals surface area contributed by atoms with Crippen molar-refractivity contribution in [3.05, 3.63) is 29.8 Å². The number of primary amides is 1. The van der Waals surface area contributed by atoms with E-state index in [9.17, 15) is 14.4 Å². The van der Waals surface area contributed by atoms with Crippen LogP contribution in [-0.4, -0.2) is 42.4 Å². The van der Waals surface area contributed by atoms with Crippen molar-refractivity contribution >= 4 is 23.5 Å². The molecule has 4 N–H and O–H groups in total. The van der Waals surface area contributed by atoms with Crippen LogP contribution in [0.2, 0.25) is 0 Å². The zero-order valence-corrected chi connectivity index (χ0v) is 16.2. The number of hydrogen-bond donors (Lipinski definition) is 3. The summed E-state index contributed by atoms with van der Waals surface area (Å²) in [7, 11) is 3.46. The molecule has 0 heterocycles. The SMILES string of the molecule is CN(C)C(=O)CCc1cccc(NC(=O)NC2(C(N)=O)CCCCCC2)c1. The number of aryl methyl sites for hydroxylation is 1. The number of nitrogens with zero attached hydrogens (tertiary/aromatic N) is 1. The number of carbonyl (C=O) groups excluding carboxylic acids is 3. The van der Waals surface area contributed by atoms with E-state index in [1.54, 1.807) is 25.1 Å². The van der Waals surface area contributed by atoms with Crippen LogP contribution in [0.4, 0.5) is 10.5 Å². The van der Waals surface area contributed by atoms with E-state index in [0.29, 0.717) is 31.4 Å². The summed E-state index contributed by atoms with van der Waals surface area (Å²) in [5.41, 5.74) is 6.22. The first kappa shape index (κ1) is 20.7. The maximum atomic E-state index is 12.5. The van der Waals surface area contributed by atoms with Gasteiger partial charge in [0.25, 0.3) is 0 Å². The highest BCUT2D eigenvalue weighted by Crippen LogP contribution is 2.27. The van der Waals surface area contributed by atoms with Gasteiger partial charge in [0, 0.05) is 26.2 Å². The number of benzene rings is 1. The van der Waals surface area contributed by atoms with Gasteiger partial charge in [0.1, 0.15) is 5.54 Å². The van der Waals surface area contributed by atoms with E-state index in [1.165, 1.54) is 0 Å². The van der Waals surface area contributed by atoms with E-state index in [4.69, 9.17) is 5.73 Å². The Morgan fingerprint density at radius 2 is 1.78 bits per heavy atom. The molecule has 0 aromatic heterocycles. The number of amides is 4. The number of anilines is 1. The lowest BCUT2D eigenvalue weighted by Gasteiger charge is -2.30. The minimum Gasteiger partial charge on any atom is -0.368 e. The molecule has 27 heavy (non-hydrogen) atoms. The van der Waals surface area contributed by atoms with Gasteiger partial charge >= 0.3 is 6.03 Å². The summed E-state index contributed by atoms with van der Waals surface area (Å²) in [6.45, 7) is 0. The number of nitrogens with two attached hydrogens (primary N) is 1. The number of hydrogen-bond acceptors (Lipinski definition) is 3. The van der Waals surface area contributed by atoms with Gasteiger partial charge in [-0.25, -0.2) is 4.79 Å². The monoisotopic (exact) mass is 374 g/mol. The normalized spacial score (nSPS) is 16.1. The van der Waals surface area contributed by atoms with Crippen LogP contribution in [0.1, 0.15) is 50.5 Å². The second kappa shape index (κ2) is 9.39. The summed E-state index contributed by atoms with van der Waals surface area (Å²) in [6, 6.07) is 6.94. The summed E-state index contributed by atoms with van der Waals surface area (Å²) in [6.07, 6.45) is 5.99. The van der Waals surface area contributed by atoms with Crippen molar-refractivity contribution < 1.29 is 14.4 Å². The second-order valence-corrected chi connectivity index (χ2v) is 7.43. The smallest absolute Gasteiger partial charge is 0.320 e. The molecule has 7 nitrogen and oxygen atoms in total. The molecular formula is C20H30N4O3. The van der Waals surface area contributed by atoms with Gasteiger partial charge in [-0.2, -0.15) is 0 Å². The van der Waals surface area contributed by atoms with Gasteiger partial charge in [-0.15, -0.1) is 0 Å². The Bertz CT molecular complexity index is 680. The van der Waals surface area contributed by atoms with E-state index in [-0.39, 0.29) is 5.91 Å². The molecule has 0 unspecified atom stereocenters. The lowest BCUT2D eigenvalue weighted by atomic mass is 9.89. The zero-order valence-electron chi connectivity index (χ0n) is 16.2. The highest BCUT2D eigenvalue weighted by Gasteiger charge is 2.38. The van der Waals surface area contributed by atoms with E-state index in [2.05, 4.69) is 10.6 Å². The summed E-state index contributed by atoms with van der Waals surface area (Å²) in [5, 5.41) is 5.61. The van der Waals surface area contributed by atoms with Crippen molar-refractivity contribution in [1.29, 1.82) is 0 Å². The van der Waals surface area contributed by atoms with Gasteiger partial charge in [0.15, 0.2) is 0 Å². The standard InChI is InChI=1S/C20H30N4O3/c1-24(2)17(25)11-10-15-8-7-9-16(14-15)22-19(27)23-20(18(21)26)12-5-3-4-6-13-20/h7-9,14H,3-6,10-13H2,1-2H3,(H2,21,26)(H2,22,23,27). The molecule has 0 spiro atoms. The molecule has 4 amide bonds. The van der Waals surface area contributed by atoms with Crippen LogP contribution >= 0.6 is 0 Å². The molecule has 148 valence electrons. The minimum absolute atomic E-state index is 0.0582. The Hall–Kier alpha value is -2.57. The molecule has 7 heteroatoms. The van der Waals surface area contributed by atoms with Crippen LogP contribution < -0.4 is 16.4 Å². The Morgan fingerprint density at radius 3 is 2.37 bits per heavy atom. The van der Waals surface area contributed by atoms with Gasteiger partial charge in [-0.3, -0.25) is 9.59 Å². The average Bonchev–Trinajstić information content (AvgIpc) is 2.86. The maximum absolute atomic E-state index is 12.5. The molecule has 1 aliphatic carbocycles. The third-order valence-corrected chi connectivity index (χ3v) is 5.09. The summed E-state index contributed by atoms with van der Waals surface area (Å²) >= 11 is 0. The molecule has 2 rings (SSSR count). The first-order valence-electron chi connectivity index (χ1n) is 9.50. The fraction of sp³-hybridized carbons (Fsp3) is 0.550. The van der Waals surface area contributed by atoms with Crippen LogP contribution in [-0.2, 0) is 16.0 Å². The molecule has 1 aromatic carbocycles. The van der Waals surface area contributed by atoms with Crippen molar-refractivity contribution in [1.82, 2.24) is 10.2 Å². The molecule has 1 aromatic rings. The van der Waals surface area contributed by atoms with E-state index in [0.717, 1.165) is 31.2 Å². The van der Waals surface area contributed by atoms with E-state index in [1.807, 2.05) is 18.2 Å². The summed E-state index contributed by atoms with van der Waals surface area (Å²) < 4.78 is 0. The zero-order chi connectivity index (χ0) is 19.9. The quantitative estimate of drug-likeness (QED) is 0.666. The molecule has 0 atom stereocenters. The van der Waals surface area contributed by atoms with Gasteiger partial charge < -0.3 is 21.3 Å². The van der Waals surface area contributed by atoms with Crippen LogP contribution in [0.3, 0.4) is 0 Å². The topological polar surface area (TPSA) is 105 Å². The highest BCUT2D eigenvalue weighted by molar-refractivity contribution is 5.95. The molecule has 1 saturated carbocycles. The third kappa shape index (κ3) is 5.98. The fourth-order valence-corrected chi connectivity index (χ4v) is 3.42. The van der Waals surface area contributed by atoms with Crippen molar-refractivity contribution in [3.8, 4) is 0 Å². The number of nitrogens with one attached hydrogen (secondary N) is 2. The van der Waals surface area contributed by atoms with Crippen molar-refractivity contribution in [2.45, 2.75) is 56.9 Å². The predicted molar refractivity (Wildman–Crippen MR) is 105 cm³/mol. The van der Waals surface area contributed by atoms with E-state index >= 15 is 0 Å². The van der Waals surface area contributed by atoms with Crippen LogP contribution in [0.5, 0.6) is 0 Å². The van der Waals surface area contributed by atoms with Crippen molar-refractivity contribution in [2.75, 3.05) is 19.4 Å². The number of carbonyl (C=O) groups is 3. The Balaban J connectivity index is 1.99. The molecule has 1 fully saturated rings. The third-order valence-electron chi connectivity index (χ3n) is 5.09. The first-order valence-corrected chi connectivity index (χ1v) is 9.50. The van der Waals surface area contributed by atoms with Gasteiger partial charge in [-0.1, -0.05) is 37.8 Å². The van der Waals surface area contributed by atoms with Gasteiger partial charge in [-0.05, 0) is 37.0 Å². The Morgan fingerprint density at radius 1 is 1.11 bits per heavy atom. The average molecular weight is 374 g/mol. The molecule has 0 saturated heterocycles. The van der Waals surface area contributed by atoms with Crippen molar-refractivity contribution in [2.24, 2.45) is 5.73 Å². The number of urea groups is 1. The summed E-state index contributed by atoms with van der Waals surface area (Å²) in [5.74, 6) is -0.418. The highest BCUT2D eigenvalue weighted by atomic mass is 16.2. The van der Waals surface area contributed by atoms with Crippen molar-refractivity contribution in [3.63, 3.8) is 0 Å². The maximum Gasteiger partial charge on any atom is 0.320 e. The molecule has 0 radical (unpaired) electrons. The van der Waals surface area contributed by atoms with Crippen LogP contribution in [0.25, 0.3) is 0 Å². The van der Waals surface area contributed by atoms with Gasteiger partial charge in [0.2, 0.25) is 11.8 Å². The Labute approximate surface area is 160 Å². The molecule has 0 bridgehead atoms. The lowest BCUT2D eigenvalue weighted by molar-refractivity contribution is -0.128. The lowest BCUT2D eigenvalue weighted by Crippen LogP contribution is -2.58. The van der Waals surface area contributed by atoms with Gasteiger partial charge in [0.05, 0.1) is 0 Å². The molecule has 1 aliphatic rings. The molecule has 0 aliphatic heterocycles. The largest absolute Gasteiger partial charge is 0.368 e. The van der Waals surface area contributed by atoms with Crippen LogP contribution in [0, 0.1) is 0 Å². The van der Waals surface area contributed by atoms with E-state index < -0.39 is 17.5 Å². The fourth-order valence-electron chi connectivity index (χ4n) is 3.42. The first-order chi connectivity index (χ1) is 12.8. The molecular weight excluding hydrogens is 344 g/mol.